The van der Waals surface area contributed by atoms with Gasteiger partial charge >= 0.3 is 0 Å². The third-order valence-corrected chi connectivity index (χ3v) is 4.88. The van der Waals surface area contributed by atoms with Gasteiger partial charge in [-0.25, -0.2) is 10.9 Å². The van der Waals surface area contributed by atoms with Crippen molar-refractivity contribution in [3.8, 4) is 0 Å². The zero-order valence-electron chi connectivity index (χ0n) is 18.9. The second-order valence-electron chi connectivity index (χ2n) is 7.76. The van der Waals surface area contributed by atoms with Gasteiger partial charge in [0.25, 0.3) is 0 Å². The first-order valence-electron chi connectivity index (χ1n) is 10.7. The normalized spacial score (nSPS) is 11.9. The predicted octanol–water partition coefficient (Wildman–Crippen LogP) is 4.63. The van der Waals surface area contributed by atoms with E-state index in [9.17, 15) is 9.59 Å². The van der Waals surface area contributed by atoms with Crippen LogP contribution in [-0.4, -0.2) is 23.2 Å². The van der Waals surface area contributed by atoms with Gasteiger partial charge in [-0.3, -0.25) is 9.59 Å². The number of hydrogen-bond acceptors (Lipinski definition) is 4. The minimum atomic E-state index is -0.116. The van der Waals surface area contributed by atoms with Crippen LogP contribution in [-0.2, 0) is 9.59 Å². The summed E-state index contributed by atoms with van der Waals surface area (Å²) in [5.74, 6) is -0.232. The number of nitrogens with zero attached hydrogens (tertiary/aromatic N) is 2. The molecule has 0 atom stereocenters. The molecule has 0 aliphatic heterocycles. The van der Waals surface area contributed by atoms with E-state index in [1.807, 2.05) is 76.2 Å². The van der Waals surface area contributed by atoms with Crippen LogP contribution in [0.4, 0.5) is 0 Å². The van der Waals surface area contributed by atoms with Crippen LogP contribution in [0.25, 0.3) is 0 Å². The van der Waals surface area contributed by atoms with E-state index < -0.39 is 0 Å². The Labute approximate surface area is 184 Å². The summed E-state index contributed by atoms with van der Waals surface area (Å²) >= 11 is 0. The average Bonchev–Trinajstić information content (AvgIpc) is 2.75. The van der Waals surface area contributed by atoms with Crippen molar-refractivity contribution in [2.24, 2.45) is 10.2 Å². The molecule has 2 aromatic carbocycles. The first-order valence-corrected chi connectivity index (χ1v) is 10.7. The number of hydrogen-bond donors (Lipinski definition) is 2. The minimum Gasteiger partial charge on any atom is -0.273 e. The van der Waals surface area contributed by atoms with Crippen LogP contribution in [0, 0.1) is 13.8 Å². The van der Waals surface area contributed by atoms with Gasteiger partial charge in [-0.2, -0.15) is 10.2 Å². The van der Waals surface area contributed by atoms with E-state index in [1.54, 1.807) is 0 Å². The van der Waals surface area contributed by atoms with Gasteiger partial charge in [0, 0.05) is 12.8 Å². The van der Waals surface area contributed by atoms with Crippen LogP contribution in [0.15, 0.2) is 58.7 Å². The maximum atomic E-state index is 12.0. The van der Waals surface area contributed by atoms with Gasteiger partial charge in [0.1, 0.15) is 0 Å². The summed E-state index contributed by atoms with van der Waals surface area (Å²) in [7, 11) is 0. The van der Waals surface area contributed by atoms with Crippen molar-refractivity contribution in [3.63, 3.8) is 0 Å². The second kappa shape index (κ2) is 12.4. The van der Waals surface area contributed by atoms with E-state index >= 15 is 0 Å². The van der Waals surface area contributed by atoms with Crippen LogP contribution < -0.4 is 10.9 Å². The molecule has 0 spiro atoms. The fourth-order valence-corrected chi connectivity index (χ4v) is 3.02. The molecule has 0 bridgehead atoms. The van der Waals surface area contributed by atoms with Crippen molar-refractivity contribution in [1.29, 1.82) is 0 Å². The molecule has 0 unspecified atom stereocenters. The van der Waals surface area contributed by atoms with Crippen molar-refractivity contribution < 1.29 is 9.59 Å². The lowest BCUT2D eigenvalue weighted by molar-refractivity contribution is -0.121. The van der Waals surface area contributed by atoms with Gasteiger partial charge in [0.15, 0.2) is 0 Å². The molecule has 6 heteroatoms. The molecule has 0 fully saturated rings. The molecule has 2 N–H and O–H groups in total. The largest absolute Gasteiger partial charge is 0.273 e. The Bertz CT molecular complexity index is 886. The molecule has 6 nitrogen and oxygen atoms in total. The quantitative estimate of drug-likeness (QED) is 0.334. The number of hydrazone groups is 2. The molecule has 0 aliphatic rings. The van der Waals surface area contributed by atoms with Crippen molar-refractivity contribution in [1.82, 2.24) is 10.9 Å². The lowest BCUT2D eigenvalue weighted by Gasteiger charge is -2.05. The lowest BCUT2D eigenvalue weighted by Crippen LogP contribution is -2.19. The zero-order chi connectivity index (χ0) is 22.6. The maximum Gasteiger partial charge on any atom is 0.240 e. The number of carbonyl (C=O) groups is 2. The van der Waals surface area contributed by atoms with Gasteiger partial charge in [-0.05, 0) is 51.7 Å². The summed E-state index contributed by atoms with van der Waals surface area (Å²) in [6, 6.07) is 16.0. The van der Waals surface area contributed by atoms with Gasteiger partial charge in [-0.1, -0.05) is 66.1 Å². The summed E-state index contributed by atoms with van der Waals surface area (Å²) in [6.07, 6.45) is 2.99. The maximum absolute atomic E-state index is 12.0. The van der Waals surface area contributed by atoms with E-state index in [2.05, 4.69) is 21.1 Å². The Hall–Kier alpha value is -3.28. The van der Waals surface area contributed by atoms with E-state index in [0.29, 0.717) is 25.7 Å². The average molecular weight is 421 g/mol. The van der Waals surface area contributed by atoms with Gasteiger partial charge < -0.3 is 0 Å². The minimum absolute atomic E-state index is 0.116. The van der Waals surface area contributed by atoms with Crippen LogP contribution >= 0.6 is 0 Å². The summed E-state index contributed by atoms with van der Waals surface area (Å²) in [5, 5.41) is 8.34. The highest BCUT2D eigenvalue weighted by Gasteiger charge is 2.04. The summed E-state index contributed by atoms with van der Waals surface area (Å²) in [5.41, 5.74) is 11.0. The van der Waals surface area contributed by atoms with Crippen LogP contribution in [0.2, 0.25) is 0 Å². The van der Waals surface area contributed by atoms with Crippen LogP contribution in [0.3, 0.4) is 0 Å². The van der Waals surface area contributed by atoms with Gasteiger partial charge in [-0.15, -0.1) is 0 Å². The number of benzene rings is 2. The smallest absolute Gasteiger partial charge is 0.240 e. The van der Waals surface area contributed by atoms with E-state index in [4.69, 9.17) is 0 Å². The molecule has 2 amide bonds. The summed E-state index contributed by atoms with van der Waals surface area (Å²) in [6.45, 7) is 7.79. The summed E-state index contributed by atoms with van der Waals surface area (Å²) in [4.78, 5) is 23.9. The topological polar surface area (TPSA) is 82.9 Å². The molecule has 2 rings (SSSR count). The molecular formula is C25H32N4O2. The number of nitrogens with one attached hydrogen (secondary N) is 2. The Morgan fingerprint density at radius 1 is 0.710 bits per heavy atom. The predicted molar refractivity (Wildman–Crippen MR) is 126 cm³/mol. The van der Waals surface area contributed by atoms with Crippen LogP contribution in [0.1, 0.15) is 68.2 Å². The first kappa shape index (κ1) is 24.0. The molecule has 0 aromatic heterocycles. The number of rotatable bonds is 10. The highest BCUT2D eigenvalue weighted by Crippen LogP contribution is 2.07. The Kier molecular flexibility index (Phi) is 9.62. The third kappa shape index (κ3) is 8.95. The number of aryl methyl sites for hydroxylation is 2. The molecule has 2 aromatic rings. The van der Waals surface area contributed by atoms with E-state index in [-0.39, 0.29) is 11.8 Å². The van der Waals surface area contributed by atoms with Crippen LogP contribution in [0.5, 0.6) is 0 Å². The molecule has 0 saturated carbocycles. The van der Waals surface area contributed by atoms with Crippen molar-refractivity contribution in [2.45, 2.75) is 59.8 Å². The number of unbranched alkanes of at least 4 members (excludes halogenated alkanes) is 2. The van der Waals surface area contributed by atoms with Gasteiger partial charge in [0.05, 0.1) is 11.4 Å². The monoisotopic (exact) mass is 420 g/mol. The summed E-state index contributed by atoms with van der Waals surface area (Å²) < 4.78 is 0. The fraction of sp³-hybridized carbons (Fsp3) is 0.360. The highest BCUT2D eigenvalue weighted by molar-refractivity contribution is 6.00. The van der Waals surface area contributed by atoms with Crippen molar-refractivity contribution >= 4 is 23.2 Å². The molecule has 31 heavy (non-hydrogen) atoms. The molecule has 0 radical (unpaired) electrons. The van der Waals surface area contributed by atoms with Crippen molar-refractivity contribution in [2.75, 3.05) is 0 Å². The first-order chi connectivity index (χ1) is 14.8. The Morgan fingerprint density at radius 3 is 1.52 bits per heavy atom. The zero-order valence-corrected chi connectivity index (χ0v) is 18.9. The van der Waals surface area contributed by atoms with E-state index in [0.717, 1.165) is 40.1 Å². The standard InChI is InChI=1S/C25H32N4O2/c1-18-10-8-12-22(16-18)20(3)26-28-24(30)14-6-5-7-15-25(31)29-27-21(4)23-13-9-11-19(2)17-23/h8-13,16-17H,5-7,14-15H2,1-4H3,(H,28,30)(H,29,31). The lowest BCUT2D eigenvalue weighted by atomic mass is 10.1. The molecule has 0 aliphatic carbocycles. The molecular weight excluding hydrogens is 388 g/mol. The molecule has 164 valence electrons. The second-order valence-corrected chi connectivity index (χ2v) is 7.76. The molecule has 0 saturated heterocycles. The van der Waals surface area contributed by atoms with Gasteiger partial charge in [0.2, 0.25) is 11.8 Å². The number of carbonyl (C=O) groups excluding carboxylic acids is 2. The Morgan fingerprint density at radius 2 is 1.13 bits per heavy atom. The SMILES string of the molecule is CC(=NNC(=O)CCCCCC(=O)NN=C(C)c1cccc(C)c1)c1cccc(C)c1. The fourth-order valence-electron chi connectivity index (χ4n) is 3.02. The molecule has 0 heterocycles. The van der Waals surface area contributed by atoms with Crippen molar-refractivity contribution in [3.05, 3.63) is 70.8 Å². The highest BCUT2D eigenvalue weighted by atomic mass is 16.2. The Balaban J connectivity index is 1.63. The third-order valence-electron chi connectivity index (χ3n) is 4.88. The number of amides is 2. The van der Waals surface area contributed by atoms with E-state index in [1.165, 1.54) is 0 Å².